The third-order valence-corrected chi connectivity index (χ3v) is 6.39. The molecule has 38 heavy (non-hydrogen) atoms. The topological polar surface area (TPSA) is 102 Å². The number of fused-ring (bicyclic) bond motifs is 2. The first-order valence-electron chi connectivity index (χ1n) is 11.7. The lowest BCUT2D eigenvalue weighted by atomic mass is 10.1. The van der Waals surface area contributed by atoms with Gasteiger partial charge in [0.1, 0.15) is 35.0 Å². The summed E-state index contributed by atoms with van der Waals surface area (Å²) in [5.41, 5.74) is -0.208. The minimum absolute atomic E-state index is 0.0947. The predicted octanol–water partition coefficient (Wildman–Crippen LogP) is 5.07. The van der Waals surface area contributed by atoms with E-state index >= 15 is 0 Å². The molecule has 3 amide bonds. The number of nitrogens with one attached hydrogen (secondary N) is 3. The first-order valence-corrected chi connectivity index (χ1v) is 11.7. The van der Waals surface area contributed by atoms with Gasteiger partial charge in [-0.1, -0.05) is 6.58 Å². The molecule has 1 saturated carbocycles. The Labute approximate surface area is 214 Å². The van der Waals surface area contributed by atoms with Crippen LogP contribution in [0.5, 0.6) is 5.75 Å². The smallest absolute Gasteiger partial charge is 0.416 e. The molecule has 8 nitrogen and oxygen atoms in total. The highest BCUT2D eigenvalue weighted by molar-refractivity contribution is 5.93. The van der Waals surface area contributed by atoms with E-state index in [0.29, 0.717) is 59.7 Å². The molecule has 0 radical (unpaired) electrons. The van der Waals surface area contributed by atoms with Gasteiger partial charge in [-0.3, -0.25) is 4.79 Å². The monoisotopic (exact) mass is 530 g/mol. The van der Waals surface area contributed by atoms with Gasteiger partial charge in [0, 0.05) is 18.2 Å². The van der Waals surface area contributed by atoms with Crippen molar-refractivity contribution in [1.82, 2.24) is 10.3 Å². The molecule has 0 spiro atoms. The summed E-state index contributed by atoms with van der Waals surface area (Å²) in [5, 5.41) is 7.42. The highest BCUT2D eigenvalue weighted by atomic mass is 19.4. The van der Waals surface area contributed by atoms with E-state index in [0.717, 1.165) is 5.56 Å². The number of rotatable bonds is 5. The number of allylic oxidation sites excluding steroid dienone is 4. The van der Waals surface area contributed by atoms with Crippen LogP contribution in [-0.4, -0.2) is 29.1 Å². The first kappa shape index (κ1) is 25.3. The van der Waals surface area contributed by atoms with Crippen molar-refractivity contribution >= 4 is 23.4 Å². The molecule has 3 atom stereocenters. The molecule has 2 aliphatic heterocycles. The number of alkyl halides is 3. The number of hydrogen-bond acceptors (Lipinski definition) is 5. The fourth-order valence-corrected chi connectivity index (χ4v) is 4.41. The normalized spacial score (nSPS) is 23.2. The number of amides is 3. The zero-order valence-corrected chi connectivity index (χ0v) is 20.0. The molecule has 5 rings (SSSR count). The maximum Gasteiger partial charge on any atom is 0.416 e. The second kappa shape index (κ2) is 9.51. The third-order valence-electron chi connectivity index (χ3n) is 6.39. The summed E-state index contributed by atoms with van der Waals surface area (Å²) in [5.74, 6) is 0.828. The molecule has 3 N–H and O–H groups in total. The van der Waals surface area contributed by atoms with Gasteiger partial charge in [0.25, 0.3) is 0 Å². The minimum atomic E-state index is -4.67. The lowest BCUT2D eigenvalue weighted by Gasteiger charge is -2.18. The fraction of sp³-hybridized carbons (Fsp3) is 0.269. The van der Waals surface area contributed by atoms with Crippen molar-refractivity contribution in [3.8, 4) is 5.75 Å². The highest BCUT2D eigenvalue weighted by Crippen LogP contribution is 2.50. The minimum Gasteiger partial charge on any atom is -0.487 e. The van der Waals surface area contributed by atoms with Crippen LogP contribution in [0.15, 0.2) is 66.3 Å². The number of urea groups is 1. The van der Waals surface area contributed by atoms with Crippen LogP contribution in [0, 0.1) is 11.7 Å². The molecule has 198 valence electrons. The van der Waals surface area contributed by atoms with Crippen LogP contribution in [-0.2, 0) is 22.1 Å². The number of carbonyl (C=O) groups excluding carboxylic acids is 2. The standard InChI is InChI=1S/C26H22F4N4O4/c1-12(37-19-9-10-31-24-15(19)5-8-20(35)33-24)3-7-18-13(2)21-22(23(21)38-18)34-25(36)32-17-11-14(26(28,29)30)4-6-16(17)27/h3-4,6-7,9-11,21-23H,2,5,8H2,1H3,(H,31,33,35)(H2,32,34,36)/b12-3+,18-7+/t21-,22-,23-/m0/s1. The second-order valence-corrected chi connectivity index (χ2v) is 9.04. The number of aromatic nitrogens is 1. The van der Waals surface area contributed by atoms with E-state index in [1.807, 2.05) is 0 Å². The van der Waals surface area contributed by atoms with E-state index < -0.39 is 41.4 Å². The molecule has 3 heterocycles. The summed E-state index contributed by atoms with van der Waals surface area (Å²) < 4.78 is 64.3. The van der Waals surface area contributed by atoms with E-state index in [-0.39, 0.29) is 11.8 Å². The molecule has 1 saturated heterocycles. The van der Waals surface area contributed by atoms with Crippen molar-refractivity contribution in [2.24, 2.45) is 5.92 Å². The Bertz CT molecular complexity index is 1400. The van der Waals surface area contributed by atoms with Crippen LogP contribution in [0.2, 0.25) is 0 Å². The van der Waals surface area contributed by atoms with Gasteiger partial charge < -0.3 is 25.4 Å². The average molecular weight is 530 g/mol. The van der Waals surface area contributed by atoms with Crippen LogP contribution in [0.4, 0.5) is 33.9 Å². The van der Waals surface area contributed by atoms with Crippen LogP contribution >= 0.6 is 0 Å². The Morgan fingerprint density at radius 3 is 2.79 bits per heavy atom. The third kappa shape index (κ3) is 5.06. The van der Waals surface area contributed by atoms with E-state index in [2.05, 4.69) is 27.5 Å². The van der Waals surface area contributed by atoms with Gasteiger partial charge in [0.05, 0.1) is 23.2 Å². The molecule has 1 aliphatic carbocycles. The van der Waals surface area contributed by atoms with Gasteiger partial charge in [0.15, 0.2) is 0 Å². The number of carbonyl (C=O) groups is 2. The summed E-state index contributed by atoms with van der Waals surface area (Å²) >= 11 is 0. The summed E-state index contributed by atoms with van der Waals surface area (Å²) in [6, 6.07) is 2.19. The van der Waals surface area contributed by atoms with Crippen molar-refractivity contribution in [3.05, 3.63) is 83.2 Å². The SMILES string of the molecule is C=C1/C(=C\C=C(/C)Oc2ccnc3c2CCC(=O)N3)O[C@@H]2[C@@H](NC(=O)Nc3cc(C(F)(F)F)ccc3F)[C@H]12. The number of benzene rings is 1. The van der Waals surface area contributed by atoms with E-state index in [4.69, 9.17) is 9.47 Å². The van der Waals surface area contributed by atoms with Gasteiger partial charge in [0.2, 0.25) is 5.91 Å². The lowest BCUT2D eigenvalue weighted by molar-refractivity contribution is -0.137. The predicted molar refractivity (Wildman–Crippen MR) is 129 cm³/mol. The largest absolute Gasteiger partial charge is 0.487 e. The first-order chi connectivity index (χ1) is 18.0. The second-order valence-electron chi connectivity index (χ2n) is 9.04. The molecule has 0 bridgehead atoms. The molecule has 1 aromatic carbocycles. The number of anilines is 2. The molecule has 2 fully saturated rings. The Morgan fingerprint density at radius 2 is 2.08 bits per heavy atom. The van der Waals surface area contributed by atoms with E-state index in [1.54, 1.807) is 31.3 Å². The van der Waals surface area contributed by atoms with Gasteiger partial charge in [-0.05, 0) is 55.3 Å². The fourth-order valence-electron chi connectivity index (χ4n) is 4.41. The molecule has 3 aliphatic rings. The molecule has 12 heteroatoms. The van der Waals surface area contributed by atoms with Gasteiger partial charge in [-0.2, -0.15) is 13.2 Å². The summed E-state index contributed by atoms with van der Waals surface area (Å²) in [6.07, 6.45) is 0.738. The number of halogens is 4. The zero-order chi connectivity index (χ0) is 27.2. The Balaban J connectivity index is 1.17. The quantitative estimate of drug-likeness (QED) is 0.370. The average Bonchev–Trinajstić information content (AvgIpc) is 3.40. The number of pyridine rings is 1. The van der Waals surface area contributed by atoms with Crippen molar-refractivity contribution in [3.63, 3.8) is 0 Å². The maximum absolute atomic E-state index is 13.9. The molecular weight excluding hydrogens is 508 g/mol. The Morgan fingerprint density at radius 1 is 1.29 bits per heavy atom. The number of hydrogen-bond donors (Lipinski definition) is 3. The van der Waals surface area contributed by atoms with E-state index in [9.17, 15) is 27.2 Å². The lowest BCUT2D eigenvalue weighted by Crippen LogP contribution is -2.34. The van der Waals surface area contributed by atoms with Crippen LogP contribution in [0.3, 0.4) is 0 Å². The maximum atomic E-state index is 13.9. The van der Waals surface area contributed by atoms with E-state index in [1.165, 1.54) is 0 Å². The van der Waals surface area contributed by atoms with Crippen LogP contribution in [0.25, 0.3) is 0 Å². The number of nitrogens with zero attached hydrogens (tertiary/aromatic N) is 1. The molecule has 0 unspecified atom stereocenters. The van der Waals surface area contributed by atoms with Crippen molar-refractivity contribution in [2.75, 3.05) is 10.6 Å². The van der Waals surface area contributed by atoms with Crippen LogP contribution in [0.1, 0.15) is 24.5 Å². The molecule has 2 aromatic rings. The Hall–Kier alpha value is -4.35. The summed E-state index contributed by atoms with van der Waals surface area (Å²) in [6.45, 7) is 5.77. The molecule has 1 aromatic heterocycles. The van der Waals surface area contributed by atoms with Gasteiger partial charge in [-0.25, -0.2) is 14.2 Å². The van der Waals surface area contributed by atoms with Crippen molar-refractivity contribution in [1.29, 1.82) is 0 Å². The summed E-state index contributed by atoms with van der Waals surface area (Å²) in [4.78, 5) is 28.0. The summed E-state index contributed by atoms with van der Waals surface area (Å²) in [7, 11) is 0. The van der Waals surface area contributed by atoms with Gasteiger partial charge in [-0.15, -0.1) is 0 Å². The Kier molecular flexibility index (Phi) is 6.33. The zero-order valence-electron chi connectivity index (χ0n) is 20.0. The van der Waals surface area contributed by atoms with Gasteiger partial charge >= 0.3 is 12.2 Å². The van der Waals surface area contributed by atoms with Crippen LogP contribution < -0.4 is 20.7 Å². The molecular formula is C26H22F4N4O4. The number of ether oxygens (including phenoxy) is 2. The van der Waals surface area contributed by atoms with Crippen molar-refractivity contribution < 1.29 is 36.6 Å². The van der Waals surface area contributed by atoms with Crippen molar-refractivity contribution in [2.45, 2.75) is 38.1 Å². The highest BCUT2D eigenvalue weighted by Gasteiger charge is 2.60.